The molecule has 6 atom stereocenters. The molecule has 1 heterocycles. The van der Waals surface area contributed by atoms with Crippen LogP contribution in [0.5, 0.6) is 0 Å². The summed E-state index contributed by atoms with van der Waals surface area (Å²) < 4.78 is 0. The number of nitrogens with zero attached hydrogens (tertiary/aromatic N) is 1. The van der Waals surface area contributed by atoms with Gasteiger partial charge in [0.1, 0.15) is 36.3 Å². The van der Waals surface area contributed by atoms with Gasteiger partial charge in [-0.3, -0.25) is 33.6 Å². The molecule has 0 unspecified atom stereocenters. The number of carbonyl (C=O) groups is 7. The van der Waals surface area contributed by atoms with Gasteiger partial charge in [0.2, 0.25) is 41.4 Å². The van der Waals surface area contributed by atoms with Crippen molar-refractivity contribution in [3.63, 3.8) is 0 Å². The second-order valence-corrected chi connectivity index (χ2v) is 15.3. The van der Waals surface area contributed by atoms with Gasteiger partial charge in [-0.05, 0) is 54.9 Å². The van der Waals surface area contributed by atoms with Crippen LogP contribution < -0.4 is 37.6 Å². The first-order chi connectivity index (χ1) is 27.3. The predicted octanol–water partition coefficient (Wildman–Crippen LogP) is 0.378. The third-order valence-electron chi connectivity index (χ3n) is 8.78. The zero-order valence-corrected chi connectivity index (χ0v) is 34.2. The number of thioether (sulfide) groups is 2. The number of nitrogens with two attached hydrogens (primary N) is 1. The summed E-state index contributed by atoms with van der Waals surface area (Å²) in [6.45, 7) is 2.74. The van der Waals surface area contributed by atoms with Gasteiger partial charge in [-0.2, -0.15) is 23.5 Å². The van der Waals surface area contributed by atoms with Crippen molar-refractivity contribution in [2.75, 3.05) is 24.0 Å². The maximum Gasteiger partial charge on any atom is 0.243 e. The summed E-state index contributed by atoms with van der Waals surface area (Å²) in [5.41, 5.74) is 7.36. The summed E-state index contributed by atoms with van der Waals surface area (Å²) in [4.78, 5) is 99.6. The highest BCUT2D eigenvalue weighted by Crippen LogP contribution is 2.10. The number of carbonyl (C=O) groups excluding carboxylic acids is 7. The van der Waals surface area contributed by atoms with Gasteiger partial charge in [0.15, 0.2) is 0 Å². The second-order valence-electron chi connectivity index (χ2n) is 13.4. The quantitative estimate of drug-likeness (QED) is 0.0617. The molecule has 0 aliphatic carbocycles. The van der Waals surface area contributed by atoms with Gasteiger partial charge in [0.05, 0.1) is 6.33 Å². The van der Waals surface area contributed by atoms with E-state index in [1.165, 1.54) is 49.9 Å². The van der Waals surface area contributed by atoms with Gasteiger partial charge < -0.3 is 42.6 Å². The van der Waals surface area contributed by atoms with Crippen molar-refractivity contribution in [1.29, 1.82) is 0 Å². The Hall–Kier alpha value is -5.36. The number of benzene rings is 2. The first-order valence-electron chi connectivity index (χ1n) is 18.4. The van der Waals surface area contributed by atoms with E-state index in [1.807, 2.05) is 48.9 Å². The van der Waals surface area contributed by atoms with E-state index >= 15 is 0 Å². The Morgan fingerprint density at radius 2 is 1.02 bits per heavy atom. The van der Waals surface area contributed by atoms with Crippen molar-refractivity contribution >= 4 is 64.9 Å². The SMILES string of the molecule is CSCC[C@H](NC(=O)[C@H](CCSC)NC(=O)[C@H](Cc1cnc[nH]1)NC(=O)[C@H](Cc1ccccc1)NC(=O)[C@H](Cc1ccccc1)NC(C)=O)C(=O)N[C@@H](C)C(N)=O. The van der Waals surface area contributed by atoms with E-state index in [-0.39, 0.29) is 32.1 Å². The molecule has 3 aromatic rings. The van der Waals surface area contributed by atoms with E-state index < -0.39 is 77.6 Å². The summed E-state index contributed by atoms with van der Waals surface area (Å²) in [7, 11) is 0. The summed E-state index contributed by atoms with van der Waals surface area (Å²) in [6, 6.07) is 11.6. The standard InChI is InChI=1S/C39H53N9O7S2/c1-24(34(40)50)43-35(51)29(15-17-56-3)45-36(52)30(16-18-57-4)46-39(55)33(21-28-22-41-23-42-28)48-38(54)32(20-27-13-9-6-10-14-27)47-37(53)31(44-25(2)49)19-26-11-7-5-8-12-26/h5-14,22-24,29-33H,15-21H2,1-4H3,(H2,40,50)(H,41,42)(H,43,51)(H,44,49)(H,45,52)(H,46,55)(H,47,53)(H,48,54)/t24-,29-,30-,31-,32-,33-/m0/s1. The van der Waals surface area contributed by atoms with Crippen molar-refractivity contribution in [1.82, 2.24) is 41.9 Å². The second kappa shape index (κ2) is 24.3. The summed E-state index contributed by atoms with van der Waals surface area (Å²) >= 11 is 2.91. The first kappa shape index (κ1) is 46.0. The maximum atomic E-state index is 14.2. The van der Waals surface area contributed by atoms with Crippen LogP contribution in [0.1, 0.15) is 43.5 Å². The molecule has 16 nitrogen and oxygen atoms in total. The molecule has 1 aromatic heterocycles. The van der Waals surface area contributed by atoms with Gasteiger partial charge in [-0.15, -0.1) is 0 Å². The molecule has 0 fully saturated rings. The molecular weight excluding hydrogens is 771 g/mol. The highest BCUT2D eigenvalue weighted by atomic mass is 32.2. The van der Waals surface area contributed by atoms with Gasteiger partial charge in [-0.25, -0.2) is 4.98 Å². The van der Waals surface area contributed by atoms with Crippen LogP contribution in [-0.4, -0.2) is 112 Å². The lowest BCUT2D eigenvalue weighted by molar-refractivity contribution is -0.135. The topological polar surface area (TPSA) is 246 Å². The average Bonchev–Trinajstić information content (AvgIpc) is 3.70. The molecule has 0 aliphatic rings. The van der Waals surface area contributed by atoms with Crippen molar-refractivity contribution in [2.45, 2.75) is 82.2 Å². The zero-order chi connectivity index (χ0) is 41.7. The number of amides is 7. The molecule has 308 valence electrons. The van der Waals surface area contributed by atoms with Crippen LogP contribution in [0.4, 0.5) is 0 Å². The van der Waals surface area contributed by atoms with Crippen LogP contribution >= 0.6 is 23.5 Å². The van der Waals surface area contributed by atoms with E-state index in [0.717, 1.165) is 11.1 Å². The molecule has 7 amide bonds. The molecule has 0 spiro atoms. The van der Waals surface area contributed by atoms with Crippen molar-refractivity contribution in [3.05, 3.63) is 90.0 Å². The zero-order valence-electron chi connectivity index (χ0n) is 32.5. The third-order valence-corrected chi connectivity index (χ3v) is 10.1. The normalized spacial score (nSPS) is 14.0. The molecule has 3 rings (SSSR count). The minimum atomic E-state index is -1.25. The third kappa shape index (κ3) is 16.3. The van der Waals surface area contributed by atoms with E-state index in [4.69, 9.17) is 5.73 Å². The number of imidazole rings is 1. The molecule has 0 saturated carbocycles. The van der Waals surface area contributed by atoms with E-state index in [9.17, 15) is 33.6 Å². The highest BCUT2D eigenvalue weighted by molar-refractivity contribution is 7.98. The molecule has 18 heteroatoms. The van der Waals surface area contributed by atoms with Crippen molar-refractivity contribution in [3.8, 4) is 0 Å². The van der Waals surface area contributed by atoms with E-state index in [2.05, 4.69) is 41.9 Å². The first-order valence-corrected chi connectivity index (χ1v) is 21.2. The number of primary amides is 1. The average molecular weight is 824 g/mol. The minimum Gasteiger partial charge on any atom is -0.368 e. The van der Waals surface area contributed by atoms with Gasteiger partial charge >= 0.3 is 0 Å². The van der Waals surface area contributed by atoms with Crippen LogP contribution in [0.25, 0.3) is 0 Å². The number of aromatic amines is 1. The maximum absolute atomic E-state index is 14.2. The van der Waals surface area contributed by atoms with Gasteiger partial charge in [0, 0.05) is 38.1 Å². The predicted molar refractivity (Wildman–Crippen MR) is 221 cm³/mol. The number of H-pyrrole nitrogens is 1. The summed E-state index contributed by atoms with van der Waals surface area (Å²) in [5, 5.41) is 16.3. The minimum absolute atomic E-state index is 0.0489. The number of nitrogens with one attached hydrogen (secondary N) is 7. The van der Waals surface area contributed by atoms with Crippen LogP contribution in [-0.2, 0) is 52.8 Å². The van der Waals surface area contributed by atoms with Crippen LogP contribution in [0.15, 0.2) is 73.2 Å². The fourth-order valence-electron chi connectivity index (χ4n) is 5.67. The van der Waals surface area contributed by atoms with Crippen LogP contribution in [0, 0.1) is 0 Å². The Morgan fingerprint density at radius 3 is 1.42 bits per heavy atom. The summed E-state index contributed by atoms with van der Waals surface area (Å²) in [6.07, 6.45) is 7.22. The fourth-order valence-corrected chi connectivity index (χ4v) is 6.62. The lowest BCUT2D eigenvalue weighted by Gasteiger charge is -2.27. The Kier molecular flexibility index (Phi) is 19.6. The lowest BCUT2D eigenvalue weighted by Crippen LogP contribution is -2.60. The number of rotatable bonds is 24. The Balaban J connectivity index is 1.88. The lowest BCUT2D eigenvalue weighted by atomic mass is 10.0. The molecular formula is C39H53N9O7S2. The molecule has 2 aromatic carbocycles. The number of aromatic nitrogens is 2. The van der Waals surface area contributed by atoms with Crippen LogP contribution in [0.2, 0.25) is 0 Å². The molecule has 0 aliphatic heterocycles. The Labute approximate surface area is 341 Å². The van der Waals surface area contributed by atoms with Gasteiger partial charge in [0.25, 0.3) is 0 Å². The largest absolute Gasteiger partial charge is 0.368 e. The molecule has 0 bridgehead atoms. The Bertz CT molecular complexity index is 1770. The van der Waals surface area contributed by atoms with Crippen molar-refractivity contribution in [2.24, 2.45) is 5.73 Å². The van der Waals surface area contributed by atoms with E-state index in [0.29, 0.717) is 17.2 Å². The highest BCUT2D eigenvalue weighted by Gasteiger charge is 2.33. The summed E-state index contributed by atoms with van der Waals surface area (Å²) in [5.74, 6) is -3.39. The Morgan fingerprint density at radius 1 is 0.614 bits per heavy atom. The molecule has 57 heavy (non-hydrogen) atoms. The number of hydrogen-bond donors (Lipinski definition) is 8. The molecule has 9 N–H and O–H groups in total. The number of hydrogen-bond acceptors (Lipinski definition) is 10. The van der Waals surface area contributed by atoms with E-state index in [1.54, 1.807) is 24.3 Å². The van der Waals surface area contributed by atoms with Crippen LogP contribution in [0.3, 0.4) is 0 Å². The van der Waals surface area contributed by atoms with Gasteiger partial charge in [-0.1, -0.05) is 60.7 Å². The smallest absolute Gasteiger partial charge is 0.243 e. The fraction of sp³-hybridized carbons (Fsp3) is 0.436. The molecule has 0 saturated heterocycles. The van der Waals surface area contributed by atoms with Crippen molar-refractivity contribution < 1.29 is 33.6 Å². The monoisotopic (exact) mass is 823 g/mol. The molecule has 0 radical (unpaired) electrons.